The first-order valence-corrected chi connectivity index (χ1v) is 13.0. The minimum Gasteiger partial charge on any atom is -0.508 e. The highest BCUT2D eigenvalue weighted by atomic mass is 32.1. The van der Waals surface area contributed by atoms with Crippen LogP contribution in [0.3, 0.4) is 0 Å². The highest BCUT2D eigenvalue weighted by Crippen LogP contribution is 2.35. The minimum absolute atomic E-state index is 0.274. The standard InChI is InChI=1S/C24H34N6OS/c1-2-13-28-14-16-29(17-15-28)24-27-30-22(25-19-7-5-3-4-6-8-19)21(26-23(30)32-24)18-9-11-20(31)12-10-18/h9-12,19,25,31H,2-8,13-17H2,1H3. The molecule has 0 unspecified atom stereocenters. The van der Waals surface area contributed by atoms with Gasteiger partial charge in [-0.05, 0) is 50.1 Å². The van der Waals surface area contributed by atoms with Crippen LogP contribution in [0.15, 0.2) is 24.3 Å². The van der Waals surface area contributed by atoms with Gasteiger partial charge in [-0.3, -0.25) is 4.90 Å². The number of imidazole rings is 1. The van der Waals surface area contributed by atoms with E-state index in [0.717, 1.165) is 53.3 Å². The number of nitrogens with one attached hydrogen (secondary N) is 1. The Balaban J connectivity index is 1.45. The molecule has 8 heteroatoms. The normalized spacial score (nSPS) is 18.8. The van der Waals surface area contributed by atoms with E-state index in [9.17, 15) is 5.11 Å². The van der Waals surface area contributed by atoms with Crippen LogP contribution in [0.5, 0.6) is 5.75 Å². The summed E-state index contributed by atoms with van der Waals surface area (Å²) in [6, 6.07) is 7.79. The summed E-state index contributed by atoms with van der Waals surface area (Å²) in [4.78, 5) is 10.9. The molecule has 3 heterocycles. The van der Waals surface area contributed by atoms with E-state index in [1.165, 1.54) is 51.5 Å². The lowest BCUT2D eigenvalue weighted by Crippen LogP contribution is -2.46. The molecule has 172 valence electrons. The molecule has 32 heavy (non-hydrogen) atoms. The molecule has 1 aliphatic heterocycles. The van der Waals surface area contributed by atoms with Gasteiger partial charge in [-0.15, -0.1) is 5.10 Å². The largest absolute Gasteiger partial charge is 0.508 e. The van der Waals surface area contributed by atoms with E-state index in [-0.39, 0.29) is 5.75 Å². The van der Waals surface area contributed by atoms with Crippen molar-refractivity contribution >= 4 is 27.2 Å². The number of aromatic hydroxyl groups is 1. The van der Waals surface area contributed by atoms with Gasteiger partial charge in [0.25, 0.3) is 0 Å². The highest BCUT2D eigenvalue weighted by molar-refractivity contribution is 7.20. The van der Waals surface area contributed by atoms with E-state index in [2.05, 4.69) is 22.0 Å². The summed E-state index contributed by atoms with van der Waals surface area (Å²) in [5.41, 5.74) is 1.93. The first-order valence-electron chi connectivity index (χ1n) is 12.1. The fourth-order valence-electron chi connectivity index (χ4n) is 4.91. The molecule has 1 saturated carbocycles. The van der Waals surface area contributed by atoms with E-state index >= 15 is 0 Å². The van der Waals surface area contributed by atoms with Gasteiger partial charge in [-0.1, -0.05) is 43.9 Å². The maximum atomic E-state index is 9.74. The first kappa shape index (κ1) is 21.5. The summed E-state index contributed by atoms with van der Waals surface area (Å²) in [6.07, 6.45) is 8.81. The van der Waals surface area contributed by atoms with Gasteiger partial charge in [0.2, 0.25) is 10.1 Å². The van der Waals surface area contributed by atoms with Crippen LogP contribution in [0.25, 0.3) is 16.2 Å². The predicted molar refractivity (Wildman–Crippen MR) is 132 cm³/mol. The fourth-order valence-corrected chi connectivity index (χ4v) is 5.87. The van der Waals surface area contributed by atoms with Crippen LogP contribution in [-0.4, -0.2) is 63.4 Å². The third-order valence-electron chi connectivity index (χ3n) is 6.71. The minimum atomic E-state index is 0.274. The van der Waals surface area contributed by atoms with Gasteiger partial charge >= 0.3 is 0 Å². The van der Waals surface area contributed by atoms with Crippen molar-refractivity contribution < 1.29 is 5.11 Å². The zero-order valence-corrected chi connectivity index (χ0v) is 19.8. The summed E-state index contributed by atoms with van der Waals surface area (Å²) < 4.78 is 2.02. The van der Waals surface area contributed by atoms with Gasteiger partial charge in [-0.25, -0.2) is 4.98 Å². The van der Waals surface area contributed by atoms with Crippen molar-refractivity contribution in [2.45, 2.75) is 57.9 Å². The number of hydrogen-bond donors (Lipinski definition) is 2. The van der Waals surface area contributed by atoms with Crippen molar-refractivity contribution in [3.8, 4) is 17.0 Å². The van der Waals surface area contributed by atoms with Gasteiger partial charge in [0.1, 0.15) is 11.4 Å². The van der Waals surface area contributed by atoms with E-state index in [0.29, 0.717) is 6.04 Å². The SMILES string of the molecule is CCCN1CCN(c2nn3c(NC4CCCCCC4)c(-c4ccc(O)cc4)nc3s2)CC1. The number of fused-ring (bicyclic) bond motifs is 1. The van der Waals surface area contributed by atoms with Crippen molar-refractivity contribution in [1.29, 1.82) is 0 Å². The molecular formula is C24H34N6OS. The van der Waals surface area contributed by atoms with E-state index in [4.69, 9.17) is 10.1 Å². The Morgan fingerprint density at radius 1 is 1.03 bits per heavy atom. The Labute approximate surface area is 194 Å². The quantitative estimate of drug-likeness (QED) is 0.520. The lowest BCUT2D eigenvalue weighted by atomic mass is 10.1. The molecule has 7 nitrogen and oxygen atoms in total. The van der Waals surface area contributed by atoms with Crippen molar-refractivity contribution in [2.75, 3.05) is 42.9 Å². The Bertz CT molecular complexity index is 1010. The summed E-state index contributed by atoms with van der Waals surface area (Å²) in [5.74, 6) is 1.26. The molecule has 0 bridgehead atoms. The van der Waals surface area contributed by atoms with Crippen LogP contribution in [0.2, 0.25) is 0 Å². The molecule has 2 N–H and O–H groups in total. The molecule has 0 atom stereocenters. The topological polar surface area (TPSA) is 68.9 Å². The predicted octanol–water partition coefficient (Wildman–Crippen LogP) is 4.83. The molecule has 0 amide bonds. The van der Waals surface area contributed by atoms with Crippen LogP contribution >= 0.6 is 11.3 Å². The molecule has 2 fully saturated rings. The molecule has 5 rings (SSSR count). The number of piperazine rings is 1. The zero-order valence-electron chi connectivity index (χ0n) is 19.0. The molecule has 2 aliphatic rings. The van der Waals surface area contributed by atoms with Crippen molar-refractivity contribution in [2.24, 2.45) is 0 Å². The highest BCUT2D eigenvalue weighted by Gasteiger charge is 2.25. The molecule has 0 spiro atoms. The van der Waals surface area contributed by atoms with Crippen molar-refractivity contribution in [3.05, 3.63) is 24.3 Å². The molecule has 2 aromatic heterocycles. The lowest BCUT2D eigenvalue weighted by molar-refractivity contribution is 0.258. The molecule has 1 aromatic carbocycles. The zero-order chi connectivity index (χ0) is 21.9. The smallest absolute Gasteiger partial charge is 0.216 e. The summed E-state index contributed by atoms with van der Waals surface area (Å²) in [7, 11) is 0. The number of rotatable bonds is 6. The summed E-state index contributed by atoms with van der Waals surface area (Å²) >= 11 is 1.68. The number of anilines is 2. The average molecular weight is 455 g/mol. The number of phenols is 1. The second-order valence-corrected chi connectivity index (χ2v) is 10.0. The van der Waals surface area contributed by atoms with Crippen molar-refractivity contribution in [3.63, 3.8) is 0 Å². The lowest BCUT2D eigenvalue weighted by Gasteiger charge is -2.34. The van der Waals surface area contributed by atoms with E-state index in [1.807, 2.05) is 16.6 Å². The number of hydrogen-bond acceptors (Lipinski definition) is 7. The van der Waals surface area contributed by atoms with E-state index < -0.39 is 0 Å². The molecule has 0 radical (unpaired) electrons. The van der Waals surface area contributed by atoms with Crippen LogP contribution < -0.4 is 10.2 Å². The number of phenolic OH excluding ortho intramolecular Hbond substituents is 1. The van der Waals surface area contributed by atoms with Crippen LogP contribution in [0, 0.1) is 0 Å². The Hall–Kier alpha value is -2.32. The molecular weight excluding hydrogens is 420 g/mol. The number of nitrogens with zero attached hydrogens (tertiary/aromatic N) is 5. The summed E-state index contributed by atoms with van der Waals surface area (Å²) in [6.45, 7) is 7.67. The maximum absolute atomic E-state index is 9.74. The molecule has 1 aliphatic carbocycles. The maximum Gasteiger partial charge on any atom is 0.216 e. The van der Waals surface area contributed by atoms with Crippen LogP contribution in [-0.2, 0) is 0 Å². The third-order valence-corrected chi connectivity index (χ3v) is 7.68. The Kier molecular flexibility index (Phi) is 6.50. The monoisotopic (exact) mass is 454 g/mol. The van der Waals surface area contributed by atoms with Crippen LogP contribution in [0.4, 0.5) is 10.9 Å². The van der Waals surface area contributed by atoms with Crippen molar-refractivity contribution in [1.82, 2.24) is 19.5 Å². The van der Waals surface area contributed by atoms with Crippen LogP contribution in [0.1, 0.15) is 51.9 Å². The van der Waals surface area contributed by atoms with E-state index in [1.54, 1.807) is 23.5 Å². The molecule has 3 aromatic rings. The average Bonchev–Trinajstić information content (AvgIpc) is 3.24. The second-order valence-electron chi connectivity index (χ2n) is 9.10. The number of benzene rings is 1. The Morgan fingerprint density at radius 2 is 1.75 bits per heavy atom. The fraction of sp³-hybridized carbons (Fsp3) is 0.583. The number of aromatic nitrogens is 3. The van der Waals surface area contributed by atoms with Gasteiger partial charge < -0.3 is 15.3 Å². The van der Waals surface area contributed by atoms with Gasteiger partial charge in [0, 0.05) is 37.8 Å². The second kappa shape index (κ2) is 9.67. The molecule has 1 saturated heterocycles. The van der Waals surface area contributed by atoms with Gasteiger partial charge in [0.15, 0.2) is 5.82 Å². The van der Waals surface area contributed by atoms with Gasteiger partial charge in [-0.2, -0.15) is 4.52 Å². The first-order chi connectivity index (χ1) is 15.7. The summed E-state index contributed by atoms with van der Waals surface area (Å²) in [5, 5.41) is 19.6. The van der Waals surface area contributed by atoms with Gasteiger partial charge in [0.05, 0.1) is 0 Å². The third kappa shape index (κ3) is 4.57. The Morgan fingerprint density at radius 3 is 2.44 bits per heavy atom.